The molecule has 0 bridgehead atoms. The van der Waals surface area contributed by atoms with Gasteiger partial charge in [-0.05, 0) is 24.9 Å². The van der Waals surface area contributed by atoms with Gasteiger partial charge in [0.1, 0.15) is 11.9 Å². The van der Waals surface area contributed by atoms with E-state index in [1.54, 1.807) is 12.1 Å². The quantitative estimate of drug-likeness (QED) is 0.256. The number of carbonyl (C=O) groups excluding carboxylic acids is 1. The van der Waals surface area contributed by atoms with E-state index in [1.165, 1.54) is 32.3 Å². The number of halogens is 1. The van der Waals surface area contributed by atoms with Crippen LogP contribution in [0, 0.1) is 5.82 Å². The highest BCUT2D eigenvalue weighted by Gasteiger charge is 2.32. The molecule has 3 N–H and O–H groups in total. The number of methoxy groups -OCH3 is 3. The SMILES string of the molecule is COC(OC)OC.CPC[C@H]1CN(c2ccc(NCCON)c(F)c2)C(=O)O1. The van der Waals surface area contributed by atoms with Gasteiger partial charge < -0.3 is 29.1 Å². The molecule has 1 unspecified atom stereocenters. The summed E-state index contributed by atoms with van der Waals surface area (Å²) in [7, 11) is 5.25. The van der Waals surface area contributed by atoms with E-state index >= 15 is 0 Å². The number of carbonyl (C=O) groups is 1. The van der Waals surface area contributed by atoms with Gasteiger partial charge in [-0.1, -0.05) is 0 Å². The van der Waals surface area contributed by atoms with Crippen molar-refractivity contribution in [2.75, 3.05) is 64.1 Å². The van der Waals surface area contributed by atoms with Gasteiger partial charge in [0.05, 0.1) is 24.5 Å². The molecule has 2 atom stereocenters. The monoisotopic (exact) mass is 421 g/mol. The molecule has 0 aliphatic carbocycles. The topological polar surface area (TPSA) is 105 Å². The molecule has 1 amide bonds. The fourth-order valence-corrected chi connectivity index (χ4v) is 3.08. The number of ether oxygens (including phenoxy) is 4. The van der Waals surface area contributed by atoms with Gasteiger partial charge in [-0.25, -0.2) is 15.1 Å². The summed E-state index contributed by atoms with van der Waals surface area (Å²) in [4.78, 5) is 17.7. The molecular weight excluding hydrogens is 392 g/mol. The molecule has 1 aromatic carbocycles. The number of amides is 1. The third-order valence-corrected chi connectivity index (χ3v) is 4.55. The summed E-state index contributed by atoms with van der Waals surface area (Å²) in [6, 6.07) is 4.60. The van der Waals surface area contributed by atoms with Crippen LogP contribution >= 0.6 is 8.58 Å². The number of hydrogen-bond acceptors (Lipinski definition) is 8. The van der Waals surface area contributed by atoms with Crippen molar-refractivity contribution in [3.8, 4) is 0 Å². The van der Waals surface area contributed by atoms with Crippen LogP contribution in [-0.4, -0.2) is 72.5 Å². The molecule has 1 aliphatic heterocycles. The van der Waals surface area contributed by atoms with Crippen LogP contribution in [0.25, 0.3) is 0 Å². The summed E-state index contributed by atoms with van der Waals surface area (Å²) in [5.74, 6) is 4.47. The highest BCUT2D eigenvalue weighted by Crippen LogP contribution is 2.27. The van der Waals surface area contributed by atoms with Crippen molar-refractivity contribution >= 4 is 26.0 Å². The fourth-order valence-electron chi connectivity index (χ4n) is 2.41. The lowest BCUT2D eigenvalue weighted by Crippen LogP contribution is -2.25. The van der Waals surface area contributed by atoms with Gasteiger partial charge in [0.15, 0.2) is 0 Å². The molecule has 1 aromatic rings. The normalized spacial score (nSPS) is 16.5. The molecule has 28 heavy (non-hydrogen) atoms. The number of nitrogens with zero attached hydrogens (tertiary/aromatic N) is 1. The fraction of sp³-hybridized carbons (Fsp3) is 0.588. The summed E-state index contributed by atoms with van der Waals surface area (Å²) in [6.45, 7) is 2.69. The van der Waals surface area contributed by atoms with E-state index in [9.17, 15) is 9.18 Å². The second-order valence-electron chi connectivity index (χ2n) is 5.63. The molecule has 2 rings (SSSR count). The zero-order chi connectivity index (χ0) is 20.9. The Balaban J connectivity index is 0.000000480. The van der Waals surface area contributed by atoms with Crippen LogP contribution in [0.15, 0.2) is 18.2 Å². The molecule has 1 heterocycles. The Morgan fingerprint density at radius 1 is 1.36 bits per heavy atom. The van der Waals surface area contributed by atoms with Crippen molar-refractivity contribution in [3.63, 3.8) is 0 Å². The lowest BCUT2D eigenvalue weighted by atomic mass is 10.2. The molecule has 1 saturated heterocycles. The minimum absolute atomic E-state index is 0.108. The largest absolute Gasteiger partial charge is 0.444 e. The second kappa shape index (κ2) is 13.6. The number of cyclic esters (lactones) is 1. The van der Waals surface area contributed by atoms with E-state index in [1.807, 2.05) is 0 Å². The lowest BCUT2D eigenvalue weighted by molar-refractivity contribution is -0.252. The zero-order valence-corrected chi connectivity index (χ0v) is 17.6. The van der Waals surface area contributed by atoms with Crippen LogP contribution in [0.5, 0.6) is 0 Å². The van der Waals surface area contributed by atoms with E-state index in [-0.39, 0.29) is 12.7 Å². The Labute approximate surface area is 166 Å². The van der Waals surface area contributed by atoms with E-state index in [0.29, 0.717) is 33.0 Å². The molecule has 0 radical (unpaired) electrons. The van der Waals surface area contributed by atoms with E-state index in [4.69, 9.17) is 10.6 Å². The summed E-state index contributed by atoms with van der Waals surface area (Å²) in [5, 5.41) is 2.86. The summed E-state index contributed by atoms with van der Waals surface area (Å²) in [6.07, 6.45) is 0.307. The van der Waals surface area contributed by atoms with E-state index in [0.717, 1.165) is 6.16 Å². The second-order valence-corrected chi connectivity index (χ2v) is 6.75. The van der Waals surface area contributed by atoms with Crippen molar-refractivity contribution in [2.24, 2.45) is 5.90 Å². The first-order chi connectivity index (χ1) is 13.5. The summed E-state index contributed by atoms with van der Waals surface area (Å²) >= 11 is 0. The van der Waals surface area contributed by atoms with Gasteiger partial charge in [0.2, 0.25) is 0 Å². The first-order valence-electron chi connectivity index (χ1n) is 8.56. The zero-order valence-electron chi connectivity index (χ0n) is 16.6. The van der Waals surface area contributed by atoms with E-state index < -0.39 is 18.4 Å². The first-order valence-corrected chi connectivity index (χ1v) is 10.3. The van der Waals surface area contributed by atoms with Crippen molar-refractivity contribution in [1.29, 1.82) is 0 Å². The van der Waals surface area contributed by atoms with Gasteiger partial charge in [-0.3, -0.25) is 4.90 Å². The minimum atomic E-state index is -0.514. The van der Waals surface area contributed by atoms with Crippen LogP contribution in [0.4, 0.5) is 20.6 Å². The molecule has 0 saturated carbocycles. The Hall–Kier alpha value is -1.55. The number of hydrogen-bond donors (Lipinski definition) is 2. The van der Waals surface area contributed by atoms with E-state index in [2.05, 4.69) is 31.0 Å². The van der Waals surface area contributed by atoms with Crippen LogP contribution in [-0.2, 0) is 23.8 Å². The van der Waals surface area contributed by atoms with Crippen LogP contribution in [0.1, 0.15) is 0 Å². The first kappa shape index (κ1) is 24.5. The number of nitrogens with two attached hydrogens (primary N) is 1. The maximum atomic E-state index is 14.0. The third kappa shape index (κ3) is 7.83. The van der Waals surface area contributed by atoms with Crippen molar-refractivity contribution < 1.29 is 33.0 Å². The number of rotatable bonds is 10. The highest BCUT2D eigenvalue weighted by atomic mass is 31.1. The Kier molecular flexibility index (Phi) is 11.9. The minimum Gasteiger partial charge on any atom is -0.444 e. The molecule has 0 aromatic heterocycles. The Bertz CT molecular complexity index is 589. The Morgan fingerprint density at radius 2 is 2.04 bits per heavy atom. The average molecular weight is 421 g/mol. The number of anilines is 2. The van der Waals surface area contributed by atoms with Gasteiger partial charge in [-0.15, -0.1) is 8.58 Å². The van der Waals surface area contributed by atoms with Crippen molar-refractivity contribution in [2.45, 2.75) is 12.6 Å². The molecule has 160 valence electrons. The molecule has 0 spiro atoms. The number of benzene rings is 1. The average Bonchev–Trinajstić information content (AvgIpc) is 3.06. The summed E-state index contributed by atoms with van der Waals surface area (Å²) < 4.78 is 33.0. The molecule has 9 nitrogen and oxygen atoms in total. The predicted octanol–water partition coefficient (Wildman–Crippen LogP) is 1.97. The van der Waals surface area contributed by atoms with Gasteiger partial charge >= 0.3 is 6.09 Å². The number of nitrogens with one attached hydrogen (secondary N) is 1. The van der Waals surface area contributed by atoms with Crippen molar-refractivity contribution in [1.82, 2.24) is 0 Å². The smallest absolute Gasteiger partial charge is 0.414 e. The molecule has 1 aliphatic rings. The third-order valence-electron chi connectivity index (χ3n) is 3.68. The van der Waals surface area contributed by atoms with Gasteiger partial charge in [0.25, 0.3) is 6.48 Å². The van der Waals surface area contributed by atoms with Crippen LogP contribution in [0.2, 0.25) is 0 Å². The van der Waals surface area contributed by atoms with Gasteiger partial charge in [-0.2, -0.15) is 0 Å². The predicted molar refractivity (Wildman–Crippen MR) is 107 cm³/mol. The molecule has 11 heteroatoms. The summed E-state index contributed by atoms with van der Waals surface area (Å²) in [5.41, 5.74) is 0.843. The van der Waals surface area contributed by atoms with Gasteiger partial charge in [0, 0.05) is 34.0 Å². The van der Waals surface area contributed by atoms with Crippen LogP contribution in [0.3, 0.4) is 0 Å². The maximum Gasteiger partial charge on any atom is 0.414 e. The van der Waals surface area contributed by atoms with Crippen LogP contribution < -0.4 is 16.1 Å². The Morgan fingerprint density at radius 3 is 2.54 bits per heavy atom. The highest BCUT2D eigenvalue weighted by molar-refractivity contribution is 7.37. The molecule has 1 fully saturated rings. The van der Waals surface area contributed by atoms with Crippen molar-refractivity contribution in [3.05, 3.63) is 24.0 Å². The molecular formula is C17H29FN3O6P. The standard InChI is InChI=1S/C13H19FN3O3P.C4H10O3/c1-21-8-10-7-17(13(18)20-10)9-2-3-12(11(14)6-9)16-4-5-19-15;1-5-4(6-2)7-3/h2-3,6,10,16,21H,4-5,7-8,15H2,1H3;4H,1-3H3/t10-;/m1./s1. The lowest BCUT2D eigenvalue weighted by Gasteiger charge is -2.15. The maximum absolute atomic E-state index is 14.0.